The van der Waals surface area contributed by atoms with E-state index in [1.165, 1.54) is 19.3 Å². The Labute approximate surface area is 174 Å². The van der Waals surface area contributed by atoms with Crippen LogP contribution in [0, 0.1) is 0 Å². The number of nitrogens with zero attached hydrogens (tertiary/aromatic N) is 6. The number of unbranched alkanes of at least 4 members (excludes halogenated alkanes) is 3. The van der Waals surface area contributed by atoms with Crippen molar-refractivity contribution < 1.29 is 0 Å². The summed E-state index contributed by atoms with van der Waals surface area (Å²) in [5, 5.41) is 14.7. The predicted octanol–water partition coefficient (Wildman–Crippen LogP) is 5.03. The van der Waals surface area contributed by atoms with Crippen LogP contribution < -0.4 is 0 Å². The molecule has 0 N–H and O–H groups in total. The fourth-order valence-electron chi connectivity index (χ4n) is 3.58. The molecular formula is C23H36N6. The summed E-state index contributed by atoms with van der Waals surface area (Å²) in [5.74, 6) is -0.653. The first-order valence-corrected chi connectivity index (χ1v) is 11.3. The lowest BCUT2D eigenvalue weighted by Crippen LogP contribution is -2.46. The van der Waals surface area contributed by atoms with Gasteiger partial charge in [-0.25, -0.2) is 14.0 Å². The lowest BCUT2D eigenvalue weighted by Gasteiger charge is -2.31. The maximum absolute atomic E-state index is 4.91. The van der Waals surface area contributed by atoms with Crippen molar-refractivity contribution in [1.29, 1.82) is 0 Å². The molecule has 0 aliphatic rings. The predicted molar refractivity (Wildman–Crippen MR) is 117 cm³/mol. The summed E-state index contributed by atoms with van der Waals surface area (Å²) in [6, 6.07) is 6.37. The molecule has 6 heteroatoms. The normalized spacial score (nSPS) is 12.0. The van der Waals surface area contributed by atoms with E-state index in [0.717, 1.165) is 55.6 Å². The van der Waals surface area contributed by atoms with E-state index in [0.29, 0.717) is 0 Å². The highest BCUT2D eigenvalue weighted by Crippen LogP contribution is 2.22. The van der Waals surface area contributed by atoms with Crippen LogP contribution in [-0.2, 0) is 25.0 Å². The van der Waals surface area contributed by atoms with Gasteiger partial charge in [0.05, 0.1) is 17.1 Å². The first-order chi connectivity index (χ1) is 14.1. The zero-order chi connectivity index (χ0) is 20.7. The van der Waals surface area contributed by atoms with Gasteiger partial charge >= 0.3 is 0 Å². The minimum atomic E-state index is -0.653. The lowest BCUT2D eigenvalue weighted by atomic mass is 10.2. The molecule has 3 rings (SSSR count). The highest BCUT2D eigenvalue weighted by molar-refractivity contribution is 5.08. The molecule has 0 spiro atoms. The van der Waals surface area contributed by atoms with Crippen LogP contribution in [0.25, 0.3) is 0 Å². The minimum Gasteiger partial charge on any atom is -0.225 e. The van der Waals surface area contributed by atoms with Crippen molar-refractivity contribution in [3.63, 3.8) is 0 Å². The van der Waals surface area contributed by atoms with Gasteiger partial charge in [-0.3, -0.25) is 0 Å². The zero-order valence-electron chi connectivity index (χ0n) is 18.5. The van der Waals surface area contributed by atoms with Crippen LogP contribution >= 0.6 is 0 Å². The third-order valence-corrected chi connectivity index (χ3v) is 5.59. The molecule has 0 saturated carbocycles. The van der Waals surface area contributed by atoms with Gasteiger partial charge in [-0.1, -0.05) is 40.0 Å². The molecule has 3 heterocycles. The molecule has 0 atom stereocenters. The van der Waals surface area contributed by atoms with E-state index in [9.17, 15) is 0 Å². The molecule has 0 fully saturated rings. The van der Waals surface area contributed by atoms with E-state index in [1.807, 2.05) is 14.0 Å². The van der Waals surface area contributed by atoms with Gasteiger partial charge in [-0.05, 0) is 56.7 Å². The van der Waals surface area contributed by atoms with Crippen LogP contribution in [0.3, 0.4) is 0 Å². The summed E-state index contributed by atoms with van der Waals surface area (Å²) in [4.78, 5) is 0. The summed E-state index contributed by atoms with van der Waals surface area (Å²) >= 11 is 0. The van der Waals surface area contributed by atoms with Crippen molar-refractivity contribution in [2.45, 2.75) is 91.3 Å². The average molecular weight is 397 g/mol. The highest BCUT2D eigenvalue weighted by atomic mass is 15.6. The largest absolute Gasteiger partial charge is 0.245 e. The maximum Gasteiger partial charge on any atom is 0.245 e. The molecule has 0 unspecified atom stereocenters. The maximum atomic E-state index is 4.91. The average Bonchev–Trinajstić information content (AvgIpc) is 3.49. The van der Waals surface area contributed by atoms with Crippen LogP contribution in [0.5, 0.6) is 0 Å². The Hall–Kier alpha value is -2.37. The Morgan fingerprint density at radius 3 is 1.21 bits per heavy atom. The second-order valence-electron chi connectivity index (χ2n) is 8.04. The smallest absolute Gasteiger partial charge is 0.225 e. The molecule has 0 radical (unpaired) electrons. The van der Waals surface area contributed by atoms with Crippen LogP contribution in [0.1, 0.15) is 83.3 Å². The van der Waals surface area contributed by atoms with Gasteiger partial charge in [-0.2, -0.15) is 15.3 Å². The molecular weight excluding hydrogens is 360 g/mol. The third-order valence-electron chi connectivity index (χ3n) is 5.59. The van der Waals surface area contributed by atoms with Crippen LogP contribution in [0.4, 0.5) is 0 Å². The fraction of sp³-hybridized carbons (Fsp3) is 0.609. The monoisotopic (exact) mass is 396 g/mol. The van der Waals surface area contributed by atoms with E-state index in [1.54, 1.807) is 0 Å². The molecule has 3 aromatic heterocycles. The Morgan fingerprint density at radius 1 is 0.621 bits per heavy atom. The second kappa shape index (κ2) is 9.90. The van der Waals surface area contributed by atoms with Crippen LogP contribution in [0.15, 0.2) is 36.8 Å². The van der Waals surface area contributed by atoms with Gasteiger partial charge in [0, 0.05) is 25.5 Å². The molecule has 0 aliphatic carbocycles. The highest BCUT2D eigenvalue weighted by Gasteiger charge is 2.34. The van der Waals surface area contributed by atoms with Crippen molar-refractivity contribution in [2.75, 3.05) is 0 Å². The first kappa shape index (κ1) is 21.3. The summed E-state index contributed by atoms with van der Waals surface area (Å²) in [6.07, 6.45) is 16.2. The van der Waals surface area contributed by atoms with E-state index < -0.39 is 5.79 Å². The summed E-state index contributed by atoms with van der Waals surface area (Å²) in [6.45, 7) is 8.77. The van der Waals surface area contributed by atoms with Gasteiger partial charge in [0.2, 0.25) is 5.79 Å². The van der Waals surface area contributed by atoms with Gasteiger partial charge < -0.3 is 0 Å². The number of hydrogen-bond donors (Lipinski definition) is 0. The molecule has 29 heavy (non-hydrogen) atoms. The van der Waals surface area contributed by atoms with Crippen LogP contribution in [-0.4, -0.2) is 29.3 Å². The standard InChI is InChI=1S/C23H36N6/c1-5-8-11-20-14-17-27(24-20)23(4,28-18-15-21(25-28)12-9-6-2)29-19-16-22(26-29)13-10-7-3/h14-19H,5-13H2,1-4H3. The van der Waals surface area contributed by atoms with Crippen molar-refractivity contribution in [2.24, 2.45) is 0 Å². The summed E-state index contributed by atoms with van der Waals surface area (Å²) in [5.41, 5.74) is 3.36. The van der Waals surface area contributed by atoms with E-state index in [2.05, 4.69) is 64.5 Å². The van der Waals surface area contributed by atoms with Gasteiger partial charge in [0.25, 0.3) is 0 Å². The Kier molecular flexibility index (Phi) is 7.29. The lowest BCUT2D eigenvalue weighted by molar-refractivity contribution is 0.139. The van der Waals surface area contributed by atoms with E-state index in [-0.39, 0.29) is 0 Å². The molecule has 0 amide bonds. The molecule has 158 valence electrons. The van der Waals surface area contributed by atoms with Crippen molar-refractivity contribution in [3.8, 4) is 0 Å². The topological polar surface area (TPSA) is 53.5 Å². The Morgan fingerprint density at radius 2 is 0.931 bits per heavy atom. The number of hydrogen-bond acceptors (Lipinski definition) is 3. The number of aromatic nitrogens is 6. The summed E-state index contributed by atoms with van der Waals surface area (Å²) < 4.78 is 6.02. The molecule has 0 aromatic carbocycles. The molecule has 0 bridgehead atoms. The first-order valence-electron chi connectivity index (χ1n) is 11.3. The molecule has 0 aliphatic heterocycles. The minimum absolute atomic E-state index is 0.653. The molecule has 0 saturated heterocycles. The van der Waals surface area contributed by atoms with Gasteiger partial charge in [0.1, 0.15) is 0 Å². The number of rotatable bonds is 12. The Balaban J connectivity index is 1.97. The van der Waals surface area contributed by atoms with Crippen molar-refractivity contribution in [1.82, 2.24) is 29.3 Å². The van der Waals surface area contributed by atoms with Crippen molar-refractivity contribution in [3.05, 3.63) is 53.9 Å². The van der Waals surface area contributed by atoms with Gasteiger partial charge in [-0.15, -0.1) is 0 Å². The van der Waals surface area contributed by atoms with E-state index in [4.69, 9.17) is 15.3 Å². The SMILES string of the molecule is CCCCc1ccn(C(C)(n2ccc(CCCC)n2)n2ccc(CCCC)n2)n1. The summed E-state index contributed by atoms with van der Waals surface area (Å²) in [7, 11) is 0. The Bertz CT molecular complexity index is 759. The van der Waals surface area contributed by atoms with E-state index >= 15 is 0 Å². The molecule has 6 nitrogen and oxygen atoms in total. The van der Waals surface area contributed by atoms with Crippen molar-refractivity contribution >= 4 is 0 Å². The third kappa shape index (κ3) is 4.80. The van der Waals surface area contributed by atoms with Crippen LogP contribution in [0.2, 0.25) is 0 Å². The number of aryl methyl sites for hydroxylation is 3. The fourth-order valence-corrected chi connectivity index (χ4v) is 3.58. The zero-order valence-corrected chi connectivity index (χ0v) is 18.5. The molecule has 3 aromatic rings. The quantitative estimate of drug-likeness (QED) is 0.431. The second-order valence-corrected chi connectivity index (χ2v) is 8.04. The van der Waals surface area contributed by atoms with Gasteiger partial charge in [0.15, 0.2) is 0 Å².